The second-order valence-electron chi connectivity index (χ2n) is 10.8. The van der Waals surface area contributed by atoms with Gasteiger partial charge in [-0.1, -0.05) is 18.2 Å². The van der Waals surface area contributed by atoms with Crippen molar-refractivity contribution in [2.24, 2.45) is 0 Å². The van der Waals surface area contributed by atoms with Crippen molar-refractivity contribution in [2.45, 2.75) is 9.79 Å². The third kappa shape index (κ3) is 9.52. The number of hydrogen-bond acceptors (Lipinski definition) is 12. The van der Waals surface area contributed by atoms with Gasteiger partial charge in [-0.05, 0) is 66.9 Å². The smallest absolute Gasteiger partial charge is 0.412 e. The number of ether oxygens (including phenoxy) is 4. The lowest BCUT2D eigenvalue weighted by Crippen LogP contribution is -2.53. The number of anilines is 2. The average Bonchev–Trinajstić information content (AvgIpc) is 3.14. The van der Waals surface area contributed by atoms with Gasteiger partial charge in [-0.15, -0.1) is 11.8 Å². The number of rotatable bonds is 13. The van der Waals surface area contributed by atoms with Crippen LogP contribution in [0.15, 0.2) is 94.9 Å². The van der Waals surface area contributed by atoms with Crippen molar-refractivity contribution >= 4 is 51.4 Å². The first-order valence-corrected chi connectivity index (χ1v) is 18.2. The van der Waals surface area contributed by atoms with Crippen molar-refractivity contribution < 1.29 is 46.9 Å². The van der Waals surface area contributed by atoms with Crippen molar-refractivity contribution in [3.63, 3.8) is 0 Å². The lowest BCUT2D eigenvalue weighted by molar-refractivity contribution is -0.266. The molecular weight excluding hydrogens is 703 g/mol. The molecule has 0 spiro atoms. The highest BCUT2D eigenvalue weighted by Crippen LogP contribution is 2.43. The predicted molar refractivity (Wildman–Crippen MR) is 186 cm³/mol. The molecule has 1 aromatic heterocycles. The molecule has 0 aliphatic carbocycles. The van der Waals surface area contributed by atoms with Crippen LogP contribution in [0, 0.1) is 0 Å². The monoisotopic (exact) mass is 736 g/mol. The van der Waals surface area contributed by atoms with Gasteiger partial charge in [-0.2, -0.15) is 0 Å². The molecule has 5 rings (SSSR count). The molecule has 3 aromatic carbocycles. The van der Waals surface area contributed by atoms with E-state index in [1.54, 1.807) is 54.6 Å². The Morgan fingerprint density at radius 2 is 1.57 bits per heavy atom. The first-order valence-electron chi connectivity index (χ1n) is 15.5. The Morgan fingerprint density at radius 1 is 0.882 bits per heavy atom. The lowest BCUT2D eigenvalue weighted by atomic mass is 10.1. The maximum Gasteiger partial charge on any atom is 0.412 e. The zero-order chi connectivity index (χ0) is 36.4. The number of nitrogens with one attached hydrogen (secondary N) is 2. The van der Waals surface area contributed by atoms with Crippen molar-refractivity contribution in [1.82, 2.24) is 14.8 Å². The van der Waals surface area contributed by atoms with Gasteiger partial charge in [0.2, 0.25) is 0 Å². The van der Waals surface area contributed by atoms with E-state index in [1.807, 2.05) is 6.26 Å². The fourth-order valence-corrected chi connectivity index (χ4v) is 6.39. The summed E-state index contributed by atoms with van der Waals surface area (Å²) in [6.07, 6.45) is 1.24. The van der Waals surface area contributed by atoms with Crippen molar-refractivity contribution in [2.75, 3.05) is 62.8 Å². The van der Waals surface area contributed by atoms with Gasteiger partial charge in [0.25, 0.3) is 15.9 Å². The maximum absolute atomic E-state index is 13.8. The van der Waals surface area contributed by atoms with Gasteiger partial charge in [-0.3, -0.25) is 14.8 Å². The minimum absolute atomic E-state index is 0.0171. The summed E-state index contributed by atoms with van der Waals surface area (Å²) in [5.41, 5.74) is -0.124. The van der Waals surface area contributed by atoms with Crippen LogP contribution in [-0.4, -0.2) is 94.1 Å². The topological polar surface area (TPSA) is 189 Å². The molecule has 268 valence electrons. The van der Waals surface area contributed by atoms with Crippen LogP contribution < -0.4 is 29.4 Å². The summed E-state index contributed by atoms with van der Waals surface area (Å²) in [7, 11) is -2.81. The van der Waals surface area contributed by atoms with Gasteiger partial charge in [0.15, 0.2) is 23.0 Å². The molecule has 0 bridgehead atoms. The summed E-state index contributed by atoms with van der Waals surface area (Å²) in [6, 6.07) is 20.5. The van der Waals surface area contributed by atoms with E-state index in [9.17, 15) is 27.9 Å². The number of aromatic nitrogens is 1. The SMILES string of the molecule is COc1ccccc1Oc1c(NS(=O)(=O)c2ccc(SC)cc2)cc(C(=O)N2CCN(C(=O)[O-])CC2)cc1OCCOC(=O)Nc1ccccn1. The number of pyridine rings is 1. The lowest BCUT2D eigenvalue weighted by Gasteiger charge is -2.36. The van der Waals surface area contributed by atoms with Crippen molar-refractivity contribution in [3.8, 4) is 23.0 Å². The molecule has 17 heteroatoms. The first kappa shape index (κ1) is 36.6. The van der Waals surface area contributed by atoms with Crippen LogP contribution in [0.2, 0.25) is 0 Å². The summed E-state index contributed by atoms with van der Waals surface area (Å²) in [4.78, 5) is 44.8. The number of hydrogen-bond donors (Lipinski definition) is 2. The second-order valence-corrected chi connectivity index (χ2v) is 13.3. The Labute approximate surface area is 298 Å². The van der Waals surface area contributed by atoms with Gasteiger partial charge in [0.1, 0.15) is 25.1 Å². The summed E-state index contributed by atoms with van der Waals surface area (Å²) in [5, 5.41) is 13.8. The zero-order valence-electron chi connectivity index (χ0n) is 27.6. The van der Waals surface area contributed by atoms with E-state index < -0.39 is 28.1 Å². The normalized spacial score (nSPS) is 12.8. The number of thioether (sulfide) groups is 1. The Morgan fingerprint density at radius 3 is 2.22 bits per heavy atom. The number of amides is 3. The highest BCUT2D eigenvalue weighted by molar-refractivity contribution is 7.98. The molecule has 0 atom stereocenters. The third-order valence-electron chi connectivity index (χ3n) is 7.49. The fraction of sp³-hybridized carbons (Fsp3) is 0.235. The molecule has 51 heavy (non-hydrogen) atoms. The van der Waals surface area contributed by atoms with Gasteiger partial charge in [0.05, 0.1) is 17.7 Å². The van der Waals surface area contributed by atoms with E-state index in [1.165, 1.54) is 54.2 Å². The Balaban J connectivity index is 1.50. The second kappa shape index (κ2) is 16.8. The van der Waals surface area contributed by atoms with Crippen LogP contribution in [-0.2, 0) is 14.8 Å². The van der Waals surface area contributed by atoms with E-state index in [0.717, 1.165) is 9.80 Å². The summed E-state index contributed by atoms with van der Waals surface area (Å²) < 4.78 is 53.0. The molecule has 2 N–H and O–H groups in total. The largest absolute Gasteiger partial charge is 0.530 e. The van der Waals surface area contributed by atoms with Crippen LogP contribution in [0.4, 0.5) is 21.1 Å². The molecule has 3 amide bonds. The number of para-hydroxylation sites is 2. The number of sulfonamides is 1. The van der Waals surface area contributed by atoms with Gasteiger partial charge in [0, 0.05) is 42.8 Å². The van der Waals surface area contributed by atoms with Crippen LogP contribution in [0.1, 0.15) is 10.4 Å². The van der Waals surface area contributed by atoms with E-state index >= 15 is 0 Å². The molecule has 15 nitrogen and oxygen atoms in total. The Kier molecular flexibility index (Phi) is 12.1. The number of carboxylic acid groups (broad SMARTS) is 1. The van der Waals surface area contributed by atoms with E-state index in [4.69, 9.17) is 18.9 Å². The summed E-state index contributed by atoms with van der Waals surface area (Å²) in [5.74, 6) is 0.118. The van der Waals surface area contributed by atoms with E-state index in [2.05, 4.69) is 15.0 Å². The van der Waals surface area contributed by atoms with Crippen LogP contribution >= 0.6 is 11.8 Å². The molecule has 4 aromatic rings. The minimum atomic E-state index is -4.25. The summed E-state index contributed by atoms with van der Waals surface area (Å²) in [6.45, 7) is -0.262. The van der Waals surface area contributed by atoms with Crippen molar-refractivity contribution in [3.05, 3.63) is 90.6 Å². The Bertz CT molecular complexity index is 1960. The van der Waals surface area contributed by atoms with Gasteiger partial charge in [-0.25, -0.2) is 18.2 Å². The molecular formula is C34H34N5O10S2-. The predicted octanol–water partition coefficient (Wildman–Crippen LogP) is 4.13. The van der Waals surface area contributed by atoms with Crippen LogP contribution in [0.25, 0.3) is 0 Å². The van der Waals surface area contributed by atoms with Crippen LogP contribution in [0.5, 0.6) is 23.0 Å². The van der Waals surface area contributed by atoms with E-state index in [-0.39, 0.29) is 78.6 Å². The quantitative estimate of drug-likeness (QED) is 0.148. The number of benzene rings is 3. The number of carbonyl (C=O) groups excluding carboxylic acids is 3. The van der Waals surface area contributed by atoms with E-state index in [0.29, 0.717) is 5.75 Å². The number of carbonyl (C=O) groups is 3. The number of methoxy groups -OCH3 is 1. The molecule has 1 saturated heterocycles. The van der Waals surface area contributed by atoms with Gasteiger partial charge < -0.3 is 38.6 Å². The van der Waals surface area contributed by atoms with Gasteiger partial charge >= 0.3 is 6.09 Å². The molecule has 0 radical (unpaired) electrons. The molecule has 0 unspecified atom stereocenters. The number of piperazine rings is 1. The minimum Gasteiger partial charge on any atom is -0.530 e. The molecule has 1 aliphatic rings. The molecule has 2 heterocycles. The standard InChI is InChI=1S/C34H35N5O10S2/c1-46-27-7-3-4-8-28(27)49-31-26(37-51(44,45)25-12-10-24(50-2)11-13-25)21-23(32(40)38-15-17-39(18-16-38)34(42)43)22-29(31)47-19-20-48-33(41)36-30-9-5-6-14-35-30/h3-14,21-22,37H,15-20H2,1-2H3,(H,42,43)(H,35,36,41)/p-1. The molecule has 1 fully saturated rings. The summed E-state index contributed by atoms with van der Waals surface area (Å²) >= 11 is 1.45. The fourth-order valence-electron chi connectivity index (χ4n) is 4.92. The highest BCUT2D eigenvalue weighted by atomic mass is 32.2. The maximum atomic E-state index is 13.8. The zero-order valence-corrected chi connectivity index (χ0v) is 29.2. The average molecular weight is 737 g/mol. The third-order valence-corrected chi connectivity index (χ3v) is 9.62. The molecule has 1 aliphatic heterocycles. The van der Waals surface area contributed by atoms with Crippen LogP contribution in [0.3, 0.4) is 0 Å². The number of nitrogens with zero attached hydrogens (tertiary/aromatic N) is 3. The molecule has 0 saturated carbocycles. The first-order chi connectivity index (χ1) is 24.6. The Hall–Kier alpha value is -5.68. The van der Waals surface area contributed by atoms with Crippen molar-refractivity contribution in [1.29, 1.82) is 0 Å². The highest BCUT2D eigenvalue weighted by Gasteiger charge is 2.27.